The monoisotopic (exact) mass is 433 g/mol. The summed E-state index contributed by atoms with van der Waals surface area (Å²) in [4.78, 5) is 40.1. The number of hydrogen-bond donors (Lipinski definition) is 4. The summed E-state index contributed by atoms with van der Waals surface area (Å²) in [5.41, 5.74) is 12.1. The molecule has 4 rings (SSSR count). The van der Waals surface area contributed by atoms with Crippen LogP contribution in [0.2, 0.25) is 0 Å². The van der Waals surface area contributed by atoms with Crippen molar-refractivity contribution in [1.29, 1.82) is 0 Å². The van der Waals surface area contributed by atoms with Gasteiger partial charge in [-0.05, 0) is 42.3 Å². The minimum Gasteiger partial charge on any atom is -0.457 e. The van der Waals surface area contributed by atoms with Gasteiger partial charge in [-0.25, -0.2) is 0 Å². The third-order valence-corrected chi connectivity index (χ3v) is 5.93. The molecule has 3 amide bonds. The normalized spacial score (nSPS) is 16.2. The topological polar surface area (TPSA) is 149 Å². The molecule has 1 unspecified atom stereocenters. The highest BCUT2D eigenvalue weighted by Gasteiger charge is 2.64. The Bertz CT molecular complexity index is 1230. The van der Waals surface area contributed by atoms with Gasteiger partial charge in [-0.1, -0.05) is 12.1 Å². The van der Waals surface area contributed by atoms with Gasteiger partial charge in [0.25, 0.3) is 5.91 Å². The number of anilines is 1. The zero-order chi connectivity index (χ0) is 23.0. The number of ether oxygens (including phenoxy) is 1. The van der Waals surface area contributed by atoms with Crippen molar-refractivity contribution in [2.24, 2.45) is 16.9 Å². The number of carbonyl (C=O) groups is 3. The van der Waals surface area contributed by atoms with Crippen molar-refractivity contribution in [3.05, 3.63) is 59.8 Å². The van der Waals surface area contributed by atoms with Crippen LogP contribution in [0.3, 0.4) is 0 Å². The number of pyridine rings is 1. The quantitative estimate of drug-likeness (QED) is 0.418. The van der Waals surface area contributed by atoms with Crippen LogP contribution in [0.25, 0.3) is 10.9 Å². The number of primary amides is 2. The van der Waals surface area contributed by atoms with Gasteiger partial charge in [0.15, 0.2) is 0 Å². The molecule has 0 spiro atoms. The Hall–Kier alpha value is -4.14. The predicted octanol–water partition coefficient (Wildman–Crippen LogP) is 1.87. The van der Waals surface area contributed by atoms with Crippen LogP contribution in [-0.2, 0) is 9.59 Å². The van der Waals surface area contributed by atoms with Crippen molar-refractivity contribution < 1.29 is 19.1 Å². The summed E-state index contributed by atoms with van der Waals surface area (Å²) in [6.45, 7) is 0. The van der Waals surface area contributed by atoms with Crippen molar-refractivity contribution in [2.75, 3.05) is 19.4 Å². The molecule has 1 aliphatic rings. The first kappa shape index (κ1) is 21.1. The zero-order valence-electron chi connectivity index (χ0n) is 17.6. The van der Waals surface area contributed by atoms with Crippen molar-refractivity contribution in [3.8, 4) is 11.5 Å². The van der Waals surface area contributed by atoms with Gasteiger partial charge >= 0.3 is 0 Å². The van der Waals surface area contributed by atoms with E-state index in [2.05, 4.69) is 15.6 Å². The van der Waals surface area contributed by atoms with Gasteiger partial charge in [0.05, 0.1) is 11.1 Å². The number of nitrogens with one attached hydrogen (secondary N) is 2. The average molecular weight is 433 g/mol. The van der Waals surface area contributed by atoms with Crippen LogP contribution in [0, 0.1) is 5.41 Å². The molecule has 0 saturated heterocycles. The summed E-state index contributed by atoms with van der Waals surface area (Å²) < 4.78 is 6.06. The number of hydrogen-bond acceptors (Lipinski definition) is 6. The zero-order valence-corrected chi connectivity index (χ0v) is 17.6. The maximum absolute atomic E-state index is 12.3. The van der Waals surface area contributed by atoms with Crippen LogP contribution < -0.4 is 26.8 Å². The molecular weight excluding hydrogens is 410 g/mol. The van der Waals surface area contributed by atoms with E-state index < -0.39 is 17.2 Å². The number of fused-ring (bicyclic) bond motifs is 1. The second-order valence-corrected chi connectivity index (χ2v) is 7.68. The molecule has 2 aromatic carbocycles. The Morgan fingerprint density at radius 1 is 1.06 bits per heavy atom. The van der Waals surface area contributed by atoms with Crippen molar-refractivity contribution in [1.82, 2.24) is 10.3 Å². The number of rotatable bonds is 7. The molecule has 9 heteroatoms. The molecule has 0 radical (unpaired) electrons. The first-order valence-corrected chi connectivity index (χ1v) is 10.0. The van der Waals surface area contributed by atoms with Crippen LogP contribution in [0.1, 0.15) is 28.3 Å². The Morgan fingerprint density at radius 3 is 2.31 bits per heavy atom. The van der Waals surface area contributed by atoms with E-state index in [4.69, 9.17) is 16.2 Å². The number of aromatic nitrogens is 1. The van der Waals surface area contributed by atoms with Crippen LogP contribution in [-0.4, -0.2) is 36.8 Å². The lowest BCUT2D eigenvalue weighted by molar-refractivity contribution is -0.133. The molecular formula is C23H23N5O4. The average Bonchev–Trinajstić information content (AvgIpc) is 3.56. The van der Waals surface area contributed by atoms with Crippen molar-refractivity contribution >= 4 is 34.3 Å². The number of benzene rings is 2. The lowest BCUT2D eigenvalue weighted by Gasteiger charge is -2.13. The largest absolute Gasteiger partial charge is 0.457 e. The van der Waals surface area contributed by atoms with Gasteiger partial charge in [-0.2, -0.15) is 0 Å². The van der Waals surface area contributed by atoms with E-state index in [-0.39, 0.29) is 11.8 Å². The Balaban J connectivity index is 1.63. The van der Waals surface area contributed by atoms with E-state index in [9.17, 15) is 14.4 Å². The number of nitrogens with zero attached hydrogens (tertiary/aromatic N) is 1. The summed E-state index contributed by atoms with van der Waals surface area (Å²) in [6, 6.07) is 12.3. The fourth-order valence-electron chi connectivity index (χ4n) is 4.01. The summed E-state index contributed by atoms with van der Waals surface area (Å²) in [7, 11) is 3.31. The van der Waals surface area contributed by atoms with Crippen LogP contribution >= 0.6 is 0 Å². The number of nitrogens with two attached hydrogens (primary N) is 2. The number of amides is 3. The predicted molar refractivity (Wildman–Crippen MR) is 119 cm³/mol. The molecule has 1 heterocycles. The number of carbonyl (C=O) groups excluding carboxylic acids is 3. The second-order valence-electron chi connectivity index (χ2n) is 7.68. The highest BCUT2D eigenvalue weighted by molar-refractivity contribution is 6.08. The molecule has 1 aliphatic carbocycles. The standard InChI is InChI=1S/C23H23N5O4/c1-26-17-10-18-14(9-15(17)20(29)27-2)19(7-8-28-18)32-13-5-3-12(4-6-13)16-11-23(16,21(24)30)22(25)31/h3-10,16,26H,11H2,1-2H3,(H2,24,30)(H2,25,31)(H,27,29). The molecule has 1 fully saturated rings. The van der Waals surface area contributed by atoms with Crippen LogP contribution in [0.4, 0.5) is 5.69 Å². The minimum absolute atomic E-state index is 0.229. The third-order valence-electron chi connectivity index (χ3n) is 5.93. The molecule has 6 N–H and O–H groups in total. The minimum atomic E-state index is -1.31. The third kappa shape index (κ3) is 3.37. The maximum Gasteiger partial charge on any atom is 0.253 e. The van der Waals surface area contributed by atoms with Gasteiger partial charge in [0, 0.05) is 37.3 Å². The second kappa shape index (κ2) is 7.84. The molecule has 164 valence electrons. The van der Waals surface area contributed by atoms with Crippen LogP contribution in [0.15, 0.2) is 48.7 Å². The van der Waals surface area contributed by atoms with E-state index >= 15 is 0 Å². The molecule has 3 aromatic rings. The smallest absolute Gasteiger partial charge is 0.253 e. The van der Waals surface area contributed by atoms with Gasteiger partial charge in [-0.3, -0.25) is 19.4 Å². The van der Waals surface area contributed by atoms with Crippen LogP contribution in [0.5, 0.6) is 11.5 Å². The van der Waals surface area contributed by atoms with E-state index in [0.29, 0.717) is 40.1 Å². The van der Waals surface area contributed by atoms with E-state index in [0.717, 1.165) is 5.56 Å². The van der Waals surface area contributed by atoms with Gasteiger partial charge in [0.2, 0.25) is 11.8 Å². The fourth-order valence-corrected chi connectivity index (χ4v) is 4.01. The SMILES string of the molecule is CNC(=O)c1cc2c(Oc3ccc(C4CC4(C(N)=O)C(N)=O)cc3)ccnc2cc1NC. The summed E-state index contributed by atoms with van der Waals surface area (Å²) >= 11 is 0. The Kier molecular flexibility index (Phi) is 5.17. The van der Waals surface area contributed by atoms with Crippen molar-refractivity contribution in [3.63, 3.8) is 0 Å². The Morgan fingerprint density at radius 2 is 1.75 bits per heavy atom. The first-order chi connectivity index (χ1) is 15.3. The van der Waals surface area contributed by atoms with Gasteiger partial charge in [0.1, 0.15) is 16.9 Å². The van der Waals surface area contributed by atoms with E-state index in [1.165, 1.54) is 0 Å². The Labute approximate surface area is 184 Å². The molecule has 32 heavy (non-hydrogen) atoms. The summed E-state index contributed by atoms with van der Waals surface area (Å²) in [5.74, 6) is -0.885. The van der Waals surface area contributed by atoms with E-state index in [1.54, 1.807) is 62.8 Å². The fraction of sp³-hybridized carbons (Fsp3) is 0.217. The summed E-state index contributed by atoms with van der Waals surface area (Å²) in [6.07, 6.45) is 1.94. The molecule has 0 bridgehead atoms. The molecule has 1 atom stereocenters. The van der Waals surface area contributed by atoms with Crippen molar-refractivity contribution in [2.45, 2.75) is 12.3 Å². The molecule has 1 saturated carbocycles. The van der Waals surface area contributed by atoms with Gasteiger partial charge < -0.3 is 26.8 Å². The lowest BCUT2D eigenvalue weighted by Crippen LogP contribution is -2.38. The van der Waals surface area contributed by atoms with Gasteiger partial charge in [-0.15, -0.1) is 0 Å². The summed E-state index contributed by atoms with van der Waals surface area (Å²) in [5, 5.41) is 6.32. The molecule has 1 aromatic heterocycles. The highest BCUT2D eigenvalue weighted by atomic mass is 16.5. The van der Waals surface area contributed by atoms with E-state index in [1.807, 2.05) is 0 Å². The molecule has 9 nitrogen and oxygen atoms in total. The maximum atomic E-state index is 12.3. The highest BCUT2D eigenvalue weighted by Crippen LogP contribution is 2.59. The molecule has 0 aliphatic heterocycles. The first-order valence-electron chi connectivity index (χ1n) is 10.0. The lowest BCUT2D eigenvalue weighted by atomic mass is 9.97.